The number of benzene rings is 2. The van der Waals surface area contributed by atoms with Crippen LogP contribution in [0.5, 0.6) is 0 Å². The van der Waals surface area contributed by atoms with Gasteiger partial charge < -0.3 is 5.32 Å². The van der Waals surface area contributed by atoms with E-state index >= 15 is 0 Å². The number of para-hydroxylation sites is 1. The van der Waals surface area contributed by atoms with Crippen molar-refractivity contribution >= 4 is 33.0 Å². The molecule has 0 aliphatic heterocycles. The van der Waals surface area contributed by atoms with Gasteiger partial charge in [-0.05, 0) is 34.5 Å². The van der Waals surface area contributed by atoms with E-state index in [-0.39, 0.29) is 5.91 Å². The van der Waals surface area contributed by atoms with Gasteiger partial charge in [0.15, 0.2) is 0 Å². The second-order valence-electron chi connectivity index (χ2n) is 4.35. The lowest BCUT2D eigenvalue weighted by Gasteiger charge is -2.04. The largest absolute Gasteiger partial charge is 0.326 e. The first-order valence-corrected chi connectivity index (χ1v) is 7.01. The maximum absolute atomic E-state index is 12.0. The molecule has 19 heavy (non-hydrogen) atoms. The highest BCUT2D eigenvalue weighted by Crippen LogP contribution is 2.26. The van der Waals surface area contributed by atoms with Crippen LogP contribution in [0.15, 0.2) is 60.0 Å². The van der Waals surface area contributed by atoms with E-state index in [1.807, 2.05) is 42.5 Å². The molecule has 94 valence electrons. The lowest BCUT2D eigenvalue weighted by Crippen LogP contribution is -2.13. The van der Waals surface area contributed by atoms with E-state index < -0.39 is 0 Å². The Bertz CT molecular complexity index is 703. The van der Waals surface area contributed by atoms with Crippen molar-refractivity contribution in [2.24, 2.45) is 0 Å². The molecule has 0 spiro atoms. The number of rotatable bonds is 3. The zero-order valence-electron chi connectivity index (χ0n) is 10.3. The Hall–Kier alpha value is -2.13. The van der Waals surface area contributed by atoms with Gasteiger partial charge in [-0.3, -0.25) is 4.79 Å². The summed E-state index contributed by atoms with van der Waals surface area (Å²) in [5, 5.41) is 6.15. The van der Waals surface area contributed by atoms with Crippen molar-refractivity contribution in [3.63, 3.8) is 0 Å². The Balaban J connectivity index is 1.76. The number of carbonyl (C=O) groups is 1. The number of hydrogen-bond donors (Lipinski definition) is 1. The zero-order valence-corrected chi connectivity index (χ0v) is 11.1. The number of anilines is 1. The van der Waals surface area contributed by atoms with Crippen LogP contribution >= 0.6 is 11.3 Å². The van der Waals surface area contributed by atoms with E-state index in [2.05, 4.69) is 22.8 Å². The van der Waals surface area contributed by atoms with Crippen LogP contribution in [-0.2, 0) is 11.2 Å². The van der Waals surface area contributed by atoms with Crippen LogP contribution < -0.4 is 5.32 Å². The first-order chi connectivity index (χ1) is 9.33. The van der Waals surface area contributed by atoms with Gasteiger partial charge in [-0.15, -0.1) is 11.3 Å². The molecule has 1 heterocycles. The molecule has 1 N–H and O–H groups in total. The minimum atomic E-state index is 0.0229. The molecule has 0 unspecified atom stereocenters. The minimum absolute atomic E-state index is 0.0229. The van der Waals surface area contributed by atoms with Gasteiger partial charge in [0.2, 0.25) is 5.91 Å². The lowest BCUT2D eigenvalue weighted by molar-refractivity contribution is -0.115. The molecule has 0 aliphatic rings. The van der Waals surface area contributed by atoms with Gasteiger partial charge in [-0.1, -0.05) is 36.4 Å². The fourth-order valence-electron chi connectivity index (χ4n) is 2.07. The Labute approximate surface area is 115 Å². The highest BCUT2D eigenvalue weighted by atomic mass is 32.1. The fraction of sp³-hybridized carbons (Fsp3) is 0.0625. The summed E-state index contributed by atoms with van der Waals surface area (Å²) in [6.45, 7) is 0. The average molecular weight is 267 g/mol. The molecule has 0 fully saturated rings. The third kappa shape index (κ3) is 2.66. The lowest BCUT2D eigenvalue weighted by atomic mass is 10.1. The highest BCUT2D eigenvalue weighted by Gasteiger charge is 2.08. The summed E-state index contributed by atoms with van der Waals surface area (Å²) in [6.07, 6.45) is 0.416. The van der Waals surface area contributed by atoms with Crippen molar-refractivity contribution in [2.45, 2.75) is 6.42 Å². The first-order valence-electron chi connectivity index (χ1n) is 6.13. The topological polar surface area (TPSA) is 29.1 Å². The van der Waals surface area contributed by atoms with E-state index in [1.165, 1.54) is 10.1 Å². The SMILES string of the molecule is O=C(Cc1csc2ccccc12)Nc1ccccc1. The summed E-state index contributed by atoms with van der Waals surface area (Å²) in [5.41, 5.74) is 1.93. The molecule has 3 rings (SSSR count). The minimum Gasteiger partial charge on any atom is -0.326 e. The maximum Gasteiger partial charge on any atom is 0.228 e. The summed E-state index contributed by atoms with van der Waals surface area (Å²) < 4.78 is 1.23. The van der Waals surface area contributed by atoms with Gasteiger partial charge in [-0.2, -0.15) is 0 Å². The highest BCUT2D eigenvalue weighted by molar-refractivity contribution is 7.17. The second kappa shape index (κ2) is 5.24. The average Bonchev–Trinajstić information content (AvgIpc) is 2.83. The van der Waals surface area contributed by atoms with E-state index in [9.17, 15) is 4.79 Å². The summed E-state index contributed by atoms with van der Waals surface area (Å²) in [6, 6.07) is 17.7. The molecule has 2 aromatic carbocycles. The van der Waals surface area contributed by atoms with Crippen LogP contribution in [0.3, 0.4) is 0 Å². The smallest absolute Gasteiger partial charge is 0.228 e. The van der Waals surface area contributed by atoms with Crippen LogP contribution in [0.2, 0.25) is 0 Å². The van der Waals surface area contributed by atoms with Crippen LogP contribution in [-0.4, -0.2) is 5.91 Å². The van der Waals surface area contributed by atoms with E-state index in [1.54, 1.807) is 11.3 Å². The van der Waals surface area contributed by atoms with E-state index in [4.69, 9.17) is 0 Å². The van der Waals surface area contributed by atoms with Crippen molar-refractivity contribution in [1.29, 1.82) is 0 Å². The number of thiophene rings is 1. The number of hydrogen-bond acceptors (Lipinski definition) is 2. The molecule has 1 amide bonds. The standard InChI is InChI=1S/C16H13NOS/c18-16(17-13-6-2-1-3-7-13)10-12-11-19-15-9-5-4-8-14(12)15/h1-9,11H,10H2,(H,17,18). The van der Waals surface area contributed by atoms with Crippen molar-refractivity contribution in [2.75, 3.05) is 5.32 Å². The number of fused-ring (bicyclic) bond motifs is 1. The van der Waals surface area contributed by atoms with Crippen molar-refractivity contribution in [3.8, 4) is 0 Å². The Kier molecular flexibility index (Phi) is 3.29. The molecular weight excluding hydrogens is 254 g/mol. The number of amides is 1. The molecule has 1 aromatic heterocycles. The third-order valence-corrected chi connectivity index (χ3v) is 3.98. The van der Waals surface area contributed by atoms with Crippen LogP contribution in [0.4, 0.5) is 5.69 Å². The Morgan fingerprint density at radius 1 is 1.00 bits per heavy atom. The molecule has 0 saturated carbocycles. The number of carbonyl (C=O) groups excluding carboxylic acids is 1. The molecule has 0 atom stereocenters. The Morgan fingerprint density at radius 3 is 2.58 bits per heavy atom. The zero-order chi connectivity index (χ0) is 13.1. The molecule has 2 nitrogen and oxygen atoms in total. The molecular formula is C16H13NOS. The summed E-state index contributed by atoms with van der Waals surface area (Å²) in [5.74, 6) is 0.0229. The quantitative estimate of drug-likeness (QED) is 0.761. The predicted octanol–water partition coefficient (Wildman–Crippen LogP) is 4.08. The predicted molar refractivity (Wildman–Crippen MR) is 80.6 cm³/mol. The van der Waals surface area contributed by atoms with Gasteiger partial charge in [0, 0.05) is 10.4 Å². The number of nitrogens with one attached hydrogen (secondary N) is 1. The van der Waals surface area contributed by atoms with E-state index in [0.29, 0.717) is 6.42 Å². The molecule has 0 bridgehead atoms. The van der Waals surface area contributed by atoms with Crippen LogP contribution in [0.1, 0.15) is 5.56 Å². The molecule has 0 saturated heterocycles. The first kappa shape index (κ1) is 11.9. The molecule has 0 radical (unpaired) electrons. The van der Waals surface area contributed by atoms with Crippen molar-refractivity contribution < 1.29 is 4.79 Å². The summed E-state index contributed by atoms with van der Waals surface area (Å²) in [4.78, 5) is 12.0. The molecule has 3 heteroatoms. The second-order valence-corrected chi connectivity index (χ2v) is 5.26. The molecule has 0 aliphatic carbocycles. The van der Waals surface area contributed by atoms with Crippen LogP contribution in [0.25, 0.3) is 10.1 Å². The fourth-order valence-corrected chi connectivity index (χ4v) is 3.03. The van der Waals surface area contributed by atoms with Gasteiger partial charge in [-0.25, -0.2) is 0 Å². The van der Waals surface area contributed by atoms with Gasteiger partial charge in [0.1, 0.15) is 0 Å². The van der Waals surface area contributed by atoms with Gasteiger partial charge in [0.05, 0.1) is 6.42 Å². The maximum atomic E-state index is 12.0. The summed E-state index contributed by atoms with van der Waals surface area (Å²) >= 11 is 1.68. The van der Waals surface area contributed by atoms with Gasteiger partial charge in [0.25, 0.3) is 0 Å². The van der Waals surface area contributed by atoms with E-state index in [0.717, 1.165) is 11.3 Å². The normalized spacial score (nSPS) is 10.5. The Morgan fingerprint density at radius 2 is 1.74 bits per heavy atom. The monoisotopic (exact) mass is 267 g/mol. The van der Waals surface area contributed by atoms with Crippen molar-refractivity contribution in [1.82, 2.24) is 0 Å². The van der Waals surface area contributed by atoms with Crippen LogP contribution in [0, 0.1) is 0 Å². The molecule has 3 aromatic rings. The van der Waals surface area contributed by atoms with Crippen molar-refractivity contribution in [3.05, 3.63) is 65.5 Å². The van der Waals surface area contributed by atoms with Gasteiger partial charge >= 0.3 is 0 Å². The third-order valence-electron chi connectivity index (χ3n) is 2.97. The summed E-state index contributed by atoms with van der Waals surface area (Å²) in [7, 11) is 0.